The fourth-order valence-corrected chi connectivity index (χ4v) is 3.20. The van der Waals surface area contributed by atoms with Gasteiger partial charge in [0.25, 0.3) is 0 Å². The van der Waals surface area contributed by atoms with Crippen LogP contribution in [0.1, 0.15) is 45.5 Å². The maximum atomic E-state index is 12.2. The molecule has 1 aromatic heterocycles. The predicted octanol–water partition coefficient (Wildman–Crippen LogP) is 3.39. The minimum atomic E-state index is 0.216. The SMILES string of the molecule is CCc1nn(CC)c(CC(=O)C2CC2(C)C)c1Br. The molecule has 0 bridgehead atoms. The third-order valence-electron chi connectivity index (χ3n) is 3.94. The van der Waals surface area contributed by atoms with Gasteiger partial charge < -0.3 is 0 Å². The average Bonchev–Trinajstić information content (AvgIpc) is 2.86. The Morgan fingerprint density at radius 1 is 1.50 bits per heavy atom. The van der Waals surface area contributed by atoms with Crippen molar-refractivity contribution in [1.82, 2.24) is 9.78 Å². The predicted molar refractivity (Wildman–Crippen MR) is 75.6 cm³/mol. The van der Waals surface area contributed by atoms with Gasteiger partial charge in [0, 0.05) is 18.9 Å². The zero-order chi connectivity index (χ0) is 13.5. The number of Topliss-reactive ketones (excluding diaryl/α,β-unsaturated/α-hetero) is 1. The number of hydrogen-bond acceptors (Lipinski definition) is 2. The molecule has 100 valence electrons. The van der Waals surface area contributed by atoms with Crippen LogP contribution in [0.15, 0.2) is 4.47 Å². The maximum Gasteiger partial charge on any atom is 0.142 e. The summed E-state index contributed by atoms with van der Waals surface area (Å²) in [7, 11) is 0. The molecular weight excluding hydrogens is 292 g/mol. The first-order valence-corrected chi connectivity index (χ1v) is 7.46. The number of carbonyl (C=O) groups excluding carboxylic acids is 1. The minimum absolute atomic E-state index is 0.216. The Morgan fingerprint density at radius 3 is 2.56 bits per heavy atom. The monoisotopic (exact) mass is 312 g/mol. The summed E-state index contributed by atoms with van der Waals surface area (Å²) in [5.41, 5.74) is 2.31. The molecular formula is C14H21BrN2O. The van der Waals surface area contributed by atoms with E-state index in [0.29, 0.717) is 12.2 Å². The van der Waals surface area contributed by atoms with E-state index >= 15 is 0 Å². The van der Waals surface area contributed by atoms with Crippen molar-refractivity contribution in [1.29, 1.82) is 0 Å². The topological polar surface area (TPSA) is 34.9 Å². The van der Waals surface area contributed by atoms with Crippen molar-refractivity contribution in [3.8, 4) is 0 Å². The lowest BCUT2D eigenvalue weighted by Crippen LogP contribution is -2.13. The molecule has 1 aliphatic rings. The summed E-state index contributed by atoms with van der Waals surface area (Å²) < 4.78 is 2.98. The molecule has 0 spiro atoms. The number of nitrogens with zero attached hydrogens (tertiary/aromatic N) is 2. The first-order valence-electron chi connectivity index (χ1n) is 6.67. The summed E-state index contributed by atoms with van der Waals surface area (Å²) >= 11 is 3.59. The number of hydrogen-bond donors (Lipinski definition) is 0. The minimum Gasteiger partial charge on any atom is -0.299 e. The number of halogens is 1. The number of aryl methyl sites for hydroxylation is 2. The summed E-state index contributed by atoms with van der Waals surface area (Å²) in [6.45, 7) is 9.30. The van der Waals surface area contributed by atoms with Crippen LogP contribution in [0.3, 0.4) is 0 Å². The van der Waals surface area contributed by atoms with E-state index in [0.717, 1.165) is 35.2 Å². The molecule has 2 rings (SSSR count). The Labute approximate surface area is 117 Å². The van der Waals surface area contributed by atoms with Gasteiger partial charge in [0.1, 0.15) is 5.78 Å². The molecule has 18 heavy (non-hydrogen) atoms. The number of aromatic nitrogens is 2. The molecule has 1 fully saturated rings. The Hall–Kier alpha value is -0.640. The van der Waals surface area contributed by atoms with Crippen molar-refractivity contribution in [3.05, 3.63) is 15.9 Å². The molecule has 0 aromatic carbocycles. The van der Waals surface area contributed by atoms with Crippen LogP contribution in [-0.4, -0.2) is 15.6 Å². The van der Waals surface area contributed by atoms with E-state index in [-0.39, 0.29) is 11.3 Å². The molecule has 1 aromatic rings. The Balaban J connectivity index is 2.18. The lowest BCUT2D eigenvalue weighted by Gasteiger charge is -2.06. The van der Waals surface area contributed by atoms with E-state index in [9.17, 15) is 4.79 Å². The van der Waals surface area contributed by atoms with E-state index < -0.39 is 0 Å². The van der Waals surface area contributed by atoms with Gasteiger partial charge >= 0.3 is 0 Å². The van der Waals surface area contributed by atoms with E-state index in [1.807, 2.05) is 4.68 Å². The highest BCUT2D eigenvalue weighted by atomic mass is 79.9. The smallest absolute Gasteiger partial charge is 0.142 e. The van der Waals surface area contributed by atoms with Gasteiger partial charge in [-0.3, -0.25) is 9.48 Å². The highest BCUT2D eigenvalue weighted by Crippen LogP contribution is 2.52. The van der Waals surface area contributed by atoms with Gasteiger partial charge in [-0.15, -0.1) is 0 Å². The summed E-state index contributed by atoms with van der Waals surface area (Å²) in [6.07, 6.45) is 2.43. The van der Waals surface area contributed by atoms with E-state index in [4.69, 9.17) is 0 Å². The number of rotatable bonds is 5. The highest BCUT2D eigenvalue weighted by molar-refractivity contribution is 9.10. The first-order chi connectivity index (χ1) is 8.40. The van der Waals surface area contributed by atoms with E-state index in [2.05, 4.69) is 48.7 Å². The van der Waals surface area contributed by atoms with Crippen LogP contribution in [0, 0.1) is 11.3 Å². The summed E-state index contributed by atoms with van der Waals surface area (Å²) in [5, 5.41) is 4.53. The van der Waals surface area contributed by atoms with Crippen molar-refractivity contribution < 1.29 is 4.79 Å². The fraction of sp³-hybridized carbons (Fsp3) is 0.714. The lowest BCUT2D eigenvalue weighted by atomic mass is 10.0. The molecule has 3 nitrogen and oxygen atoms in total. The summed E-state index contributed by atoms with van der Waals surface area (Å²) in [6, 6.07) is 0. The van der Waals surface area contributed by atoms with E-state index in [1.165, 1.54) is 0 Å². The Morgan fingerprint density at radius 2 is 2.11 bits per heavy atom. The first kappa shape index (κ1) is 13.8. The second kappa shape index (κ2) is 4.80. The third-order valence-corrected chi connectivity index (χ3v) is 4.85. The van der Waals surface area contributed by atoms with Crippen molar-refractivity contribution in [2.45, 2.75) is 53.5 Å². The third kappa shape index (κ3) is 2.40. The maximum absolute atomic E-state index is 12.2. The van der Waals surface area contributed by atoms with Crippen molar-refractivity contribution in [3.63, 3.8) is 0 Å². The van der Waals surface area contributed by atoms with Crippen LogP contribution in [-0.2, 0) is 24.2 Å². The molecule has 1 saturated carbocycles. The molecule has 1 heterocycles. The van der Waals surface area contributed by atoms with Gasteiger partial charge in [0.05, 0.1) is 15.9 Å². The lowest BCUT2D eigenvalue weighted by molar-refractivity contribution is -0.120. The molecule has 0 N–H and O–H groups in total. The van der Waals surface area contributed by atoms with Crippen LogP contribution in [0.2, 0.25) is 0 Å². The second-order valence-corrected chi connectivity index (χ2v) is 6.56. The van der Waals surface area contributed by atoms with Crippen LogP contribution < -0.4 is 0 Å². The van der Waals surface area contributed by atoms with E-state index in [1.54, 1.807) is 0 Å². The molecule has 0 aliphatic heterocycles. The van der Waals surface area contributed by atoms with Crippen molar-refractivity contribution in [2.75, 3.05) is 0 Å². The standard InChI is InChI=1S/C14H21BrN2O/c1-5-10-13(15)11(17(6-2)16-10)7-12(18)9-8-14(9,3)4/h9H,5-8H2,1-4H3. The zero-order valence-electron chi connectivity index (χ0n) is 11.6. The van der Waals surface area contributed by atoms with Gasteiger partial charge in [0.15, 0.2) is 0 Å². The van der Waals surface area contributed by atoms with Gasteiger partial charge in [-0.25, -0.2) is 0 Å². The molecule has 0 saturated heterocycles. The van der Waals surface area contributed by atoms with Gasteiger partial charge in [0.2, 0.25) is 0 Å². The largest absolute Gasteiger partial charge is 0.299 e. The van der Waals surface area contributed by atoms with Crippen LogP contribution in [0.5, 0.6) is 0 Å². The van der Waals surface area contributed by atoms with Crippen LogP contribution >= 0.6 is 15.9 Å². The molecule has 1 unspecified atom stereocenters. The Bertz CT molecular complexity index is 476. The van der Waals surface area contributed by atoms with Crippen LogP contribution in [0.4, 0.5) is 0 Å². The molecule has 4 heteroatoms. The normalized spacial score (nSPS) is 21.1. The molecule has 0 radical (unpaired) electrons. The van der Waals surface area contributed by atoms with Gasteiger partial charge in [-0.2, -0.15) is 5.10 Å². The van der Waals surface area contributed by atoms with Gasteiger partial charge in [-0.1, -0.05) is 20.8 Å². The summed E-state index contributed by atoms with van der Waals surface area (Å²) in [4.78, 5) is 12.2. The summed E-state index contributed by atoms with van der Waals surface area (Å²) in [5.74, 6) is 0.604. The molecule has 1 atom stereocenters. The number of ketones is 1. The van der Waals surface area contributed by atoms with Crippen LogP contribution in [0.25, 0.3) is 0 Å². The number of carbonyl (C=O) groups is 1. The average molecular weight is 313 g/mol. The van der Waals surface area contributed by atoms with Crippen molar-refractivity contribution in [2.24, 2.45) is 11.3 Å². The highest BCUT2D eigenvalue weighted by Gasteiger charge is 2.50. The second-order valence-electron chi connectivity index (χ2n) is 5.77. The zero-order valence-corrected chi connectivity index (χ0v) is 13.2. The molecule has 0 amide bonds. The van der Waals surface area contributed by atoms with Crippen molar-refractivity contribution >= 4 is 21.7 Å². The molecule has 1 aliphatic carbocycles. The van der Waals surface area contributed by atoms with Gasteiger partial charge in [-0.05, 0) is 41.1 Å². The fourth-order valence-electron chi connectivity index (χ4n) is 2.49. The Kier molecular flexibility index (Phi) is 3.67. The quantitative estimate of drug-likeness (QED) is 0.835.